The smallest absolute Gasteiger partial charge is 0.336 e. The molecule has 1 aromatic heterocycles. The van der Waals surface area contributed by atoms with Crippen molar-refractivity contribution in [2.24, 2.45) is 0 Å². The van der Waals surface area contributed by atoms with Gasteiger partial charge < -0.3 is 14.8 Å². The number of aromatic hydroxyl groups is 1. The Bertz CT molecular complexity index is 884. The lowest BCUT2D eigenvalue weighted by Crippen LogP contribution is -2.22. The molecule has 1 heterocycles. The summed E-state index contributed by atoms with van der Waals surface area (Å²) in [6.07, 6.45) is 0. The number of nitrogens with one attached hydrogen (secondary N) is 1. The van der Waals surface area contributed by atoms with E-state index in [4.69, 9.17) is 4.42 Å². The molecule has 0 fully saturated rings. The highest BCUT2D eigenvalue weighted by Gasteiger charge is 2.13. The molecule has 1 amide bonds. The molecule has 5 nitrogen and oxygen atoms in total. The molecule has 0 aliphatic rings. The normalized spacial score (nSPS) is 10.5. The van der Waals surface area contributed by atoms with Crippen LogP contribution in [0.25, 0.3) is 11.0 Å². The van der Waals surface area contributed by atoms with Crippen molar-refractivity contribution in [2.45, 2.75) is 6.54 Å². The number of rotatable bonds is 3. The van der Waals surface area contributed by atoms with Gasteiger partial charge in [-0.05, 0) is 17.7 Å². The van der Waals surface area contributed by atoms with Gasteiger partial charge in [0.15, 0.2) is 0 Å². The maximum absolute atomic E-state index is 12.2. The molecule has 2 N–H and O–H groups in total. The van der Waals surface area contributed by atoms with Gasteiger partial charge in [-0.15, -0.1) is 0 Å². The predicted octanol–water partition coefficient (Wildman–Crippen LogP) is 2.43. The molecule has 0 aliphatic heterocycles. The largest absolute Gasteiger partial charge is 0.507 e. The van der Waals surface area contributed by atoms with Gasteiger partial charge in [0.2, 0.25) is 0 Å². The summed E-state index contributed by atoms with van der Waals surface area (Å²) >= 11 is 0. The summed E-state index contributed by atoms with van der Waals surface area (Å²) in [7, 11) is 0. The Kier molecular flexibility index (Phi) is 3.62. The van der Waals surface area contributed by atoms with Crippen molar-refractivity contribution in [3.8, 4) is 5.75 Å². The Morgan fingerprint density at radius 1 is 1.09 bits per heavy atom. The van der Waals surface area contributed by atoms with Crippen LogP contribution in [0.15, 0.2) is 63.8 Å². The van der Waals surface area contributed by atoms with Crippen LogP contribution in [0.4, 0.5) is 0 Å². The number of fused-ring (bicyclic) bond motifs is 1. The van der Waals surface area contributed by atoms with E-state index in [9.17, 15) is 14.7 Å². The molecule has 0 saturated heterocycles. The van der Waals surface area contributed by atoms with E-state index >= 15 is 0 Å². The molecule has 0 atom stereocenters. The lowest BCUT2D eigenvalue weighted by Gasteiger charge is -2.08. The first kappa shape index (κ1) is 13.9. The van der Waals surface area contributed by atoms with Gasteiger partial charge in [-0.3, -0.25) is 4.79 Å². The summed E-state index contributed by atoms with van der Waals surface area (Å²) in [6, 6.07) is 15.0. The molecule has 0 unspecified atom stereocenters. The van der Waals surface area contributed by atoms with Gasteiger partial charge in [-0.25, -0.2) is 4.79 Å². The molecule has 0 radical (unpaired) electrons. The van der Waals surface area contributed by atoms with Crippen molar-refractivity contribution in [3.05, 3.63) is 76.1 Å². The summed E-state index contributed by atoms with van der Waals surface area (Å²) in [4.78, 5) is 23.3. The van der Waals surface area contributed by atoms with Crippen LogP contribution in [0, 0.1) is 0 Å². The highest BCUT2D eigenvalue weighted by Crippen LogP contribution is 2.24. The number of hydrogen-bond donors (Lipinski definition) is 2. The van der Waals surface area contributed by atoms with Crippen molar-refractivity contribution in [2.75, 3.05) is 0 Å². The fourth-order valence-electron chi connectivity index (χ4n) is 2.16. The number of phenols is 1. The van der Waals surface area contributed by atoms with Crippen LogP contribution in [0.2, 0.25) is 0 Å². The fraction of sp³-hybridized carbons (Fsp3) is 0.0588. The molecule has 0 aliphatic carbocycles. The number of carbonyl (C=O) groups is 1. The van der Waals surface area contributed by atoms with Crippen LogP contribution >= 0.6 is 0 Å². The van der Waals surface area contributed by atoms with Crippen molar-refractivity contribution < 1.29 is 14.3 Å². The first-order valence-electron chi connectivity index (χ1n) is 6.72. The van der Waals surface area contributed by atoms with E-state index in [0.717, 1.165) is 5.56 Å². The number of amides is 1. The second-order valence-electron chi connectivity index (χ2n) is 4.83. The summed E-state index contributed by atoms with van der Waals surface area (Å²) in [5, 5.41) is 13.3. The van der Waals surface area contributed by atoms with E-state index in [0.29, 0.717) is 11.9 Å². The van der Waals surface area contributed by atoms with Gasteiger partial charge >= 0.3 is 5.63 Å². The molecule has 2 aromatic carbocycles. The highest BCUT2D eigenvalue weighted by molar-refractivity contribution is 6.00. The molecule has 22 heavy (non-hydrogen) atoms. The molecule has 3 rings (SSSR count). The van der Waals surface area contributed by atoms with E-state index in [2.05, 4.69) is 5.32 Å². The van der Waals surface area contributed by atoms with Crippen molar-refractivity contribution in [1.82, 2.24) is 5.32 Å². The Morgan fingerprint density at radius 3 is 2.64 bits per heavy atom. The third-order valence-electron chi connectivity index (χ3n) is 3.28. The number of benzene rings is 2. The van der Waals surface area contributed by atoms with Crippen LogP contribution < -0.4 is 10.9 Å². The van der Waals surface area contributed by atoms with Gasteiger partial charge in [0.1, 0.15) is 11.3 Å². The second kappa shape index (κ2) is 5.73. The SMILES string of the molecule is O=C(NCc1ccccc1)c1cc2ccc(=O)oc2cc1O. The lowest BCUT2D eigenvalue weighted by molar-refractivity contribution is 0.0948. The average Bonchev–Trinajstić information content (AvgIpc) is 2.53. The zero-order chi connectivity index (χ0) is 15.5. The minimum Gasteiger partial charge on any atom is -0.507 e. The van der Waals surface area contributed by atoms with Gasteiger partial charge in [0.25, 0.3) is 5.91 Å². The number of phenolic OH excluding ortho intramolecular Hbond substituents is 1. The quantitative estimate of drug-likeness (QED) is 0.727. The predicted molar refractivity (Wildman–Crippen MR) is 81.8 cm³/mol. The third-order valence-corrected chi connectivity index (χ3v) is 3.28. The molecule has 0 spiro atoms. The van der Waals surface area contributed by atoms with Crippen molar-refractivity contribution >= 4 is 16.9 Å². The topological polar surface area (TPSA) is 79.5 Å². The fourth-order valence-corrected chi connectivity index (χ4v) is 2.16. The van der Waals surface area contributed by atoms with Crippen LogP contribution in [0.1, 0.15) is 15.9 Å². The average molecular weight is 295 g/mol. The Labute approximate surface area is 125 Å². The van der Waals surface area contributed by atoms with Crippen LogP contribution in [0.5, 0.6) is 5.75 Å². The van der Waals surface area contributed by atoms with Crippen molar-refractivity contribution in [1.29, 1.82) is 0 Å². The number of hydrogen-bond acceptors (Lipinski definition) is 4. The number of carbonyl (C=O) groups excluding carboxylic acids is 1. The van der Waals surface area contributed by atoms with Gasteiger partial charge in [-0.2, -0.15) is 0 Å². The van der Waals surface area contributed by atoms with Gasteiger partial charge in [-0.1, -0.05) is 30.3 Å². The molecular formula is C17H13NO4. The van der Waals surface area contributed by atoms with E-state index in [1.807, 2.05) is 30.3 Å². The standard InChI is InChI=1S/C17H13NO4/c19-14-9-15-12(6-7-16(20)22-15)8-13(14)17(21)18-10-11-4-2-1-3-5-11/h1-9,19H,10H2,(H,18,21). The van der Waals surface area contributed by atoms with E-state index in [-0.39, 0.29) is 16.9 Å². The zero-order valence-electron chi connectivity index (χ0n) is 11.6. The van der Waals surface area contributed by atoms with Gasteiger partial charge in [0, 0.05) is 24.1 Å². The maximum atomic E-state index is 12.2. The molecule has 0 bridgehead atoms. The monoisotopic (exact) mass is 295 g/mol. The van der Waals surface area contributed by atoms with Crippen LogP contribution in [0.3, 0.4) is 0 Å². The van der Waals surface area contributed by atoms with Crippen molar-refractivity contribution in [3.63, 3.8) is 0 Å². The zero-order valence-corrected chi connectivity index (χ0v) is 11.6. The summed E-state index contributed by atoms with van der Waals surface area (Å²) in [5.74, 6) is -0.623. The minimum absolute atomic E-state index is 0.136. The first-order chi connectivity index (χ1) is 10.6. The summed E-state index contributed by atoms with van der Waals surface area (Å²) < 4.78 is 4.96. The van der Waals surface area contributed by atoms with Crippen LogP contribution in [-0.2, 0) is 6.54 Å². The molecule has 110 valence electrons. The Balaban J connectivity index is 1.86. The molecule has 5 heteroatoms. The Hall–Kier alpha value is -3.08. The van der Waals surface area contributed by atoms with E-state index < -0.39 is 11.5 Å². The second-order valence-corrected chi connectivity index (χ2v) is 4.83. The highest BCUT2D eigenvalue weighted by atomic mass is 16.4. The summed E-state index contributed by atoms with van der Waals surface area (Å²) in [5.41, 5.74) is 0.831. The lowest BCUT2D eigenvalue weighted by atomic mass is 10.1. The van der Waals surface area contributed by atoms with E-state index in [1.165, 1.54) is 18.2 Å². The van der Waals surface area contributed by atoms with Crippen LogP contribution in [-0.4, -0.2) is 11.0 Å². The maximum Gasteiger partial charge on any atom is 0.336 e. The van der Waals surface area contributed by atoms with E-state index in [1.54, 1.807) is 6.07 Å². The Morgan fingerprint density at radius 2 is 1.86 bits per heavy atom. The first-order valence-corrected chi connectivity index (χ1v) is 6.72. The molecule has 3 aromatic rings. The minimum atomic E-state index is -0.506. The summed E-state index contributed by atoms with van der Waals surface area (Å²) in [6.45, 7) is 0.362. The molecule has 0 saturated carbocycles. The third kappa shape index (κ3) is 2.83. The van der Waals surface area contributed by atoms with Gasteiger partial charge in [0.05, 0.1) is 5.56 Å². The molecular weight excluding hydrogens is 282 g/mol.